The van der Waals surface area contributed by atoms with Crippen LogP contribution in [0.1, 0.15) is 31.2 Å². The highest BCUT2D eigenvalue weighted by molar-refractivity contribution is 6.05. The molecule has 0 N–H and O–H groups in total. The maximum absolute atomic E-state index is 12.7. The van der Waals surface area contributed by atoms with Crippen molar-refractivity contribution in [2.45, 2.75) is 32.2 Å². The first-order valence-corrected chi connectivity index (χ1v) is 9.67. The first kappa shape index (κ1) is 17.3. The number of nitrogens with zero attached hydrogens (tertiary/aromatic N) is 3. The van der Waals surface area contributed by atoms with Crippen molar-refractivity contribution in [1.29, 1.82) is 0 Å². The van der Waals surface area contributed by atoms with E-state index >= 15 is 0 Å². The zero-order valence-corrected chi connectivity index (χ0v) is 15.4. The Hall–Kier alpha value is -2.14. The molecule has 0 bridgehead atoms. The van der Waals surface area contributed by atoms with Crippen LogP contribution >= 0.6 is 0 Å². The van der Waals surface area contributed by atoms with E-state index in [4.69, 9.17) is 0 Å². The molecule has 0 spiro atoms. The number of hydrogen-bond donors (Lipinski definition) is 0. The second kappa shape index (κ2) is 7.23. The van der Waals surface area contributed by atoms with Gasteiger partial charge in [0.25, 0.3) is 0 Å². The van der Waals surface area contributed by atoms with Crippen molar-refractivity contribution in [3.8, 4) is 0 Å². The van der Waals surface area contributed by atoms with Gasteiger partial charge in [0.2, 0.25) is 11.8 Å². The Balaban J connectivity index is 1.44. The monoisotopic (exact) mass is 353 g/mol. The van der Waals surface area contributed by atoms with Crippen molar-refractivity contribution in [1.82, 2.24) is 9.80 Å². The van der Waals surface area contributed by atoms with E-state index in [0.717, 1.165) is 19.6 Å². The van der Waals surface area contributed by atoms with Crippen LogP contribution in [-0.4, -0.2) is 48.4 Å². The normalized spacial score (nSPS) is 25.5. The number of fused-ring (bicyclic) bond motifs is 1. The van der Waals surface area contributed by atoms with E-state index in [9.17, 15) is 9.59 Å². The van der Waals surface area contributed by atoms with Crippen molar-refractivity contribution in [2.24, 2.45) is 11.8 Å². The largest absolute Gasteiger partial charge is 0.371 e. The molecule has 1 aliphatic carbocycles. The van der Waals surface area contributed by atoms with Crippen LogP contribution in [0.25, 0.3) is 0 Å². The van der Waals surface area contributed by atoms with Crippen molar-refractivity contribution in [3.63, 3.8) is 0 Å². The van der Waals surface area contributed by atoms with Crippen molar-refractivity contribution >= 4 is 17.5 Å². The van der Waals surface area contributed by atoms with E-state index in [1.54, 1.807) is 0 Å². The second-order valence-corrected chi connectivity index (χ2v) is 7.74. The fourth-order valence-corrected chi connectivity index (χ4v) is 4.50. The van der Waals surface area contributed by atoms with E-state index in [1.165, 1.54) is 29.0 Å². The number of imide groups is 1. The highest BCUT2D eigenvalue weighted by atomic mass is 16.2. The molecule has 0 unspecified atom stereocenters. The van der Waals surface area contributed by atoms with Gasteiger partial charge in [0.05, 0.1) is 18.5 Å². The Morgan fingerprint density at radius 2 is 1.62 bits per heavy atom. The molecule has 2 fully saturated rings. The van der Waals surface area contributed by atoms with Crippen molar-refractivity contribution in [2.75, 3.05) is 31.7 Å². The topological polar surface area (TPSA) is 43.9 Å². The van der Waals surface area contributed by atoms with Crippen LogP contribution in [0.15, 0.2) is 36.4 Å². The van der Waals surface area contributed by atoms with Gasteiger partial charge in [0, 0.05) is 25.3 Å². The molecule has 4 rings (SSSR count). The summed E-state index contributed by atoms with van der Waals surface area (Å²) in [5.41, 5.74) is 2.55. The molecular formula is C21H27N3O2. The molecule has 5 heteroatoms. The number of likely N-dealkylation sites (tertiary alicyclic amines) is 1. The molecule has 1 aromatic rings. The fourth-order valence-electron chi connectivity index (χ4n) is 4.50. The average Bonchev–Trinajstić information content (AvgIpc) is 3.26. The highest BCUT2D eigenvalue weighted by Gasteiger charge is 2.47. The number of para-hydroxylation sites is 1. The Labute approximate surface area is 155 Å². The summed E-state index contributed by atoms with van der Waals surface area (Å²) >= 11 is 0. The molecule has 0 radical (unpaired) electrons. The van der Waals surface area contributed by atoms with E-state index in [0.29, 0.717) is 19.5 Å². The van der Waals surface area contributed by atoms with Gasteiger partial charge in [0.15, 0.2) is 0 Å². The van der Waals surface area contributed by atoms with Crippen molar-refractivity contribution in [3.05, 3.63) is 42.0 Å². The Bertz CT molecular complexity index is 698. The lowest BCUT2D eigenvalue weighted by Crippen LogP contribution is -2.40. The molecule has 2 heterocycles. The van der Waals surface area contributed by atoms with Gasteiger partial charge in [-0.15, -0.1) is 0 Å². The van der Waals surface area contributed by atoms with E-state index < -0.39 is 0 Å². The minimum Gasteiger partial charge on any atom is -0.371 e. The van der Waals surface area contributed by atoms with Gasteiger partial charge in [-0.2, -0.15) is 0 Å². The maximum atomic E-state index is 12.7. The van der Waals surface area contributed by atoms with Crippen LogP contribution in [0.5, 0.6) is 0 Å². The Kier molecular flexibility index (Phi) is 4.81. The minimum absolute atomic E-state index is 0.00373. The van der Waals surface area contributed by atoms with E-state index in [1.807, 2.05) is 19.2 Å². The number of benzene rings is 1. The standard InChI is InChI=1S/C21H27N3O2/c1-22(14-16-8-2-5-11-19(16)23-12-6-7-13-23)15-24-20(25)17-9-3-4-10-18(17)21(24)26/h2-5,8,11,17-18H,6-7,9-10,12-15H2,1H3/t17-,18-/m0/s1. The second-order valence-electron chi connectivity index (χ2n) is 7.74. The lowest BCUT2D eigenvalue weighted by atomic mass is 9.85. The van der Waals surface area contributed by atoms with Crippen LogP contribution in [0.3, 0.4) is 0 Å². The molecule has 1 aromatic carbocycles. The molecule has 26 heavy (non-hydrogen) atoms. The maximum Gasteiger partial charge on any atom is 0.234 e. The zero-order chi connectivity index (χ0) is 18.1. The summed E-state index contributed by atoms with van der Waals surface area (Å²) in [4.78, 5) is 31.3. The molecule has 2 saturated heterocycles. The van der Waals surface area contributed by atoms with Crippen LogP contribution in [0.2, 0.25) is 0 Å². The van der Waals surface area contributed by atoms with Gasteiger partial charge in [-0.3, -0.25) is 19.4 Å². The quantitative estimate of drug-likeness (QED) is 0.603. The van der Waals surface area contributed by atoms with Gasteiger partial charge in [-0.05, 0) is 44.4 Å². The van der Waals surface area contributed by atoms with Crippen LogP contribution in [0, 0.1) is 11.8 Å². The van der Waals surface area contributed by atoms with Crippen LogP contribution in [0.4, 0.5) is 5.69 Å². The third-order valence-corrected chi connectivity index (χ3v) is 5.86. The summed E-state index contributed by atoms with van der Waals surface area (Å²) < 4.78 is 0. The Morgan fingerprint density at radius 1 is 1.00 bits per heavy atom. The summed E-state index contributed by atoms with van der Waals surface area (Å²) in [6.45, 7) is 3.33. The molecule has 2 aliphatic heterocycles. The highest BCUT2D eigenvalue weighted by Crippen LogP contribution is 2.35. The SMILES string of the molecule is CN(Cc1ccccc1N1CCCC1)CN1C(=O)[C@H]2CC=CC[C@@H]2C1=O. The number of hydrogen-bond acceptors (Lipinski definition) is 4. The molecule has 2 amide bonds. The van der Waals surface area contributed by atoms with E-state index in [-0.39, 0.29) is 23.7 Å². The predicted molar refractivity (Wildman–Crippen MR) is 101 cm³/mol. The molecule has 2 atom stereocenters. The number of anilines is 1. The fraction of sp³-hybridized carbons (Fsp3) is 0.524. The summed E-state index contributed by atoms with van der Waals surface area (Å²) in [5.74, 6) is -0.274. The van der Waals surface area contributed by atoms with Crippen LogP contribution in [-0.2, 0) is 16.1 Å². The molecule has 0 saturated carbocycles. The van der Waals surface area contributed by atoms with E-state index in [2.05, 4.69) is 34.1 Å². The summed E-state index contributed by atoms with van der Waals surface area (Å²) in [6.07, 6.45) is 7.97. The lowest BCUT2D eigenvalue weighted by Gasteiger charge is -2.26. The molecule has 0 aromatic heterocycles. The lowest BCUT2D eigenvalue weighted by molar-refractivity contribution is -0.142. The minimum atomic E-state index is -0.141. The smallest absolute Gasteiger partial charge is 0.234 e. The first-order chi connectivity index (χ1) is 12.6. The Morgan fingerprint density at radius 3 is 2.27 bits per heavy atom. The zero-order valence-electron chi connectivity index (χ0n) is 15.4. The number of allylic oxidation sites excluding steroid dienone is 2. The third kappa shape index (κ3) is 3.16. The number of carbonyl (C=O) groups is 2. The molecule has 5 nitrogen and oxygen atoms in total. The van der Waals surface area contributed by atoms with Gasteiger partial charge < -0.3 is 4.90 Å². The molecule has 3 aliphatic rings. The predicted octanol–water partition coefficient (Wildman–Crippen LogP) is 2.63. The van der Waals surface area contributed by atoms with Gasteiger partial charge in [0.1, 0.15) is 0 Å². The summed E-state index contributed by atoms with van der Waals surface area (Å²) in [7, 11) is 1.99. The number of carbonyl (C=O) groups excluding carboxylic acids is 2. The third-order valence-electron chi connectivity index (χ3n) is 5.86. The average molecular weight is 353 g/mol. The van der Waals surface area contributed by atoms with Crippen LogP contribution < -0.4 is 4.90 Å². The molecule has 138 valence electrons. The van der Waals surface area contributed by atoms with Crippen molar-refractivity contribution < 1.29 is 9.59 Å². The van der Waals surface area contributed by atoms with Gasteiger partial charge in [-0.1, -0.05) is 30.4 Å². The summed E-state index contributed by atoms with van der Waals surface area (Å²) in [5, 5.41) is 0. The molecular weight excluding hydrogens is 326 g/mol. The number of rotatable bonds is 5. The van der Waals surface area contributed by atoms with Gasteiger partial charge in [-0.25, -0.2) is 0 Å². The first-order valence-electron chi connectivity index (χ1n) is 9.67. The summed E-state index contributed by atoms with van der Waals surface area (Å²) in [6, 6.07) is 8.49. The number of amides is 2. The van der Waals surface area contributed by atoms with Gasteiger partial charge >= 0.3 is 0 Å².